The SMILES string of the molecule is Cc1cc(C)c(C)c(S(=O)Nc2ccc(-c3cccc(C(=O)OC(C)(C)C)c3)c3ccccc23)c1C. The molecule has 0 aliphatic heterocycles. The fourth-order valence-electron chi connectivity index (χ4n) is 4.40. The summed E-state index contributed by atoms with van der Waals surface area (Å²) in [7, 11) is -1.42. The van der Waals surface area contributed by atoms with Gasteiger partial charge in [-0.25, -0.2) is 9.00 Å². The second kappa shape index (κ2) is 9.90. The Labute approximate surface area is 216 Å². The molecule has 0 saturated carbocycles. The maximum atomic E-state index is 13.5. The highest BCUT2D eigenvalue weighted by molar-refractivity contribution is 7.86. The lowest BCUT2D eigenvalue weighted by molar-refractivity contribution is 0.00695. The third-order valence-corrected chi connectivity index (χ3v) is 7.81. The summed E-state index contributed by atoms with van der Waals surface area (Å²) in [5, 5.41) is 1.97. The smallest absolute Gasteiger partial charge is 0.338 e. The van der Waals surface area contributed by atoms with Crippen molar-refractivity contribution >= 4 is 33.4 Å². The topological polar surface area (TPSA) is 55.4 Å². The molecule has 4 nitrogen and oxygen atoms in total. The molecule has 0 amide bonds. The average Bonchev–Trinajstić information content (AvgIpc) is 2.82. The maximum Gasteiger partial charge on any atom is 0.338 e. The summed E-state index contributed by atoms with van der Waals surface area (Å²) in [4.78, 5) is 13.5. The third-order valence-electron chi connectivity index (χ3n) is 6.42. The number of anilines is 1. The van der Waals surface area contributed by atoms with Crippen LogP contribution in [0.3, 0.4) is 0 Å². The maximum absolute atomic E-state index is 13.5. The Morgan fingerprint density at radius 1 is 0.806 bits per heavy atom. The van der Waals surface area contributed by atoms with Crippen LogP contribution in [-0.2, 0) is 15.7 Å². The Hall–Kier alpha value is -3.44. The first-order valence-electron chi connectivity index (χ1n) is 12.1. The van der Waals surface area contributed by atoms with Gasteiger partial charge in [0.05, 0.1) is 16.1 Å². The molecule has 0 bridgehead atoms. The van der Waals surface area contributed by atoms with E-state index in [0.717, 1.165) is 54.7 Å². The van der Waals surface area contributed by atoms with Crippen LogP contribution >= 0.6 is 0 Å². The van der Waals surface area contributed by atoms with E-state index in [1.54, 1.807) is 6.07 Å². The number of ether oxygens (including phenoxy) is 1. The van der Waals surface area contributed by atoms with E-state index in [1.807, 2.05) is 89.2 Å². The molecule has 0 saturated heterocycles. The highest BCUT2D eigenvalue weighted by atomic mass is 32.2. The molecule has 1 atom stereocenters. The molecular formula is C31H33NO3S. The molecule has 186 valence electrons. The van der Waals surface area contributed by atoms with Crippen LogP contribution in [0, 0.1) is 27.7 Å². The molecule has 4 aromatic rings. The van der Waals surface area contributed by atoms with E-state index in [0.29, 0.717) is 5.56 Å². The Kier molecular flexibility index (Phi) is 7.05. The molecule has 1 unspecified atom stereocenters. The molecule has 0 radical (unpaired) electrons. The number of carbonyl (C=O) groups is 1. The van der Waals surface area contributed by atoms with Crippen LogP contribution in [0.5, 0.6) is 0 Å². The van der Waals surface area contributed by atoms with E-state index in [4.69, 9.17) is 4.74 Å². The molecule has 0 fully saturated rings. The summed E-state index contributed by atoms with van der Waals surface area (Å²) >= 11 is 0. The van der Waals surface area contributed by atoms with Crippen LogP contribution in [0.4, 0.5) is 5.69 Å². The van der Waals surface area contributed by atoms with Gasteiger partial charge in [0.15, 0.2) is 11.0 Å². The highest BCUT2D eigenvalue weighted by Crippen LogP contribution is 2.35. The van der Waals surface area contributed by atoms with Gasteiger partial charge in [-0.3, -0.25) is 0 Å². The lowest BCUT2D eigenvalue weighted by atomic mass is 9.96. The van der Waals surface area contributed by atoms with Gasteiger partial charge in [-0.2, -0.15) is 0 Å². The molecule has 4 aromatic carbocycles. The Bertz CT molecular complexity index is 1470. The largest absolute Gasteiger partial charge is 0.456 e. The zero-order chi connectivity index (χ0) is 26.2. The van der Waals surface area contributed by atoms with Crippen molar-refractivity contribution in [2.75, 3.05) is 4.72 Å². The Balaban J connectivity index is 1.74. The molecule has 36 heavy (non-hydrogen) atoms. The zero-order valence-electron chi connectivity index (χ0n) is 22.0. The second-order valence-electron chi connectivity index (χ2n) is 10.2. The average molecular weight is 500 g/mol. The van der Waals surface area contributed by atoms with Crippen molar-refractivity contribution in [3.05, 3.63) is 94.5 Å². The van der Waals surface area contributed by atoms with Gasteiger partial charge in [0, 0.05) is 5.39 Å². The van der Waals surface area contributed by atoms with Crippen molar-refractivity contribution < 1.29 is 13.7 Å². The number of fused-ring (bicyclic) bond motifs is 1. The predicted molar refractivity (Wildman–Crippen MR) is 150 cm³/mol. The van der Waals surface area contributed by atoms with Gasteiger partial charge in [0.2, 0.25) is 0 Å². The van der Waals surface area contributed by atoms with Crippen LogP contribution in [0.2, 0.25) is 0 Å². The van der Waals surface area contributed by atoms with E-state index < -0.39 is 16.6 Å². The van der Waals surface area contributed by atoms with E-state index in [-0.39, 0.29) is 5.97 Å². The van der Waals surface area contributed by atoms with Gasteiger partial charge in [-0.1, -0.05) is 48.5 Å². The monoisotopic (exact) mass is 499 g/mol. The van der Waals surface area contributed by atoms with Gasteiger partial charge in [0.25, 0.3) is 0 Å². The number of carbonyl (C=O) groups excluding carboxylic acids is 1. The first kappa shape index (κ1) is 25.6. The summed E-state index contributed by atoms with van der Waals surface area (Å²) in [5.41, 5.74) is 7.02. The number of hydrogen-bond donors (Lipinski definition) is 1. The van der Waals surface area contributed by atoms with E-state index >= 15 is 0 Å². The number of aryl methyl sites for hydroxylation is 2. The third kappa shape index (κ3) is 5.21. The molecule has 0 aliphatic rings. The van der Waals surface area contributed by atoms with Crippen molar-refractivity contribution in [2.24, 2.45) is 0 Å². The van der Waals surface area contributed by atoms with E-state index in [9.17, 15) is 9.00 Å². The van der Waals surface area contributed by atoms with Crippen LogP contribution in [0.1, 0.15) is 53.4 Å². The molecule has 0 spiro atoms. The second-order valence-corrected chi connectivity index (χ2v) is 11.4. The number of rotatable bonds is 5. The molecule has 4 rings (SSSR count). The first-order valence-corrected chi connectivity index (χ1v) is 13.2. The summed E-state index contributed by atoms with van der Waals surface area (Å²) in [6.45, 7) is 13.7. The van der Waals surface area contributed by atoms with Crippen LogP contribution in [0.15, 0.2) is 71.6 Å². The van der Waals surface area contributed by atoms with Crippen molar-refractivity contribution in [3.63, 3.8) is 0 Å². The standard InChI is InChI=1S/C31H33NO3S/c1-19-17-20(2)22(4)29(21(19)3)36(34)32-28-16-15-25(26-13-8-9-14-27(26)28)23-11-10-12-24(18-23)30(33)35-31(5,6)7/h8-18,32H,1-7H3. The highest BCUT2D eigenvalue weighted by Gasteiger charge is 2.19. The summed E-state index contributed by atoms with van der Waals surface area (Å²) in [6.07, 6.45) is 0. The fraction of sp³-hybridized carbons (Fsp3) is 0.258. The van der Waals surface area contributed by atoms with Crippen molar-refractivity contribution in [2.45, 2.75) is 59.0 Å². The summed E-state index contributed by atoms with van der Waals surface area (Å²) < 4.78 is 22.4. The minimum absolute atomic E-state index is 0.346. The van der Waals surface area contributed by atoms with Crippen molar-refractivity contribution in [1.29, 1.82) is 0 Å². The normalized spacial score (nSPS) is 12.4. The van der Waals surface area contributed by atoms with Crippen molar-refractivity contribution in [3.8, 4) is 11.1 Å². The van der Waals surface area contributed by atoms with Gasteiger partial charge >= 0.3 is 5.97 Å². The van der Waals surface area contributed by atoms with Crippen LogP contribution in [0.25, 0.3) is 21.9 Å². The van der Waals surface area contributed by atoms with Gasteiger partial charge in [-0.15, -0.1) is 0 Å². The number of benzene rings is 4. The van der Waals surface area contributed by atoms with Crippen LogP contribution in [-0.4, -0.2) is 15.8 Å². The molecule has 0 heterocycles. The Morgan fingerprint density at radius 2 is 1.44 bits per heavy atom. The predicted octanol–water partition coefficient (Wildman–Crippen LogP) is 7.83. The molecule has 1 N–H and O–H groups in total. The van der Waals surface area contributed by atoms with Gasteiger partial charge < -0.3 is 9.46 Å². The zero-order valence-corrected chi connectivity index (χ0v) is 22.8. The minimum Gasteiger partial charge on any atom is -0.456 e. The fourth-order valence-corrected chi connectivity index (χ4v) is 5.76. The van der Waals surface area contributed by atoms with Crippen LogP contribution < -0.4 is 4.72 Å². The lowest BCUT2D eigenvalue weighted by Crippen LogP contribution is -2.23. The molecular weight excluding hydrogens is 466 g/mol. The number of hydrogen-bond acceptors (Lipinski definition) is 3. The molecule has 0 aliphatic carbocycles. The van der Waals surface area contributed by atoms with Crippen molar-refractivity contribution in [1.82, 2.24) is 0 Å². The number of esters is 1. The summed E-state index contributed by atoms with van der Waals surface area (Å²) in [5.74, 6) is -0.346. The van der Waals surface area contributed by atoms with E-state index in [2.05, 4.69) is 24.6 Å². The van der Waals surface area contributed by atoms with Gasteiger partial charge in [0.1, 0.15) is 5.60 Å². The lowest BCUT2D eigenvalue weighted by Gasteiger charge is -2.20. The molecule has 5 heteroatoms. The first-order chi connectivity index (χ1) is 17.0. The Morgan fingerprint density at radius 3 is 2.08 bits per heavy atom. The van der Waals surface area contributed by atoms with Gasteiger partial charge in [-0.05, 0) is 105 Å². The molecule has 0 aromatic heterocycles. The minimum atomic E-state index is -1.42. The number of nitrogens with one attached hydrogen (secondary N) is 1. The summed E-state index contributed by atoms with van der Waals surface area (Å²) in [6, 6.07) is 21.6. The van der Waals surface area contributed by atoms with E-state index in [1.165, 1.54) is 0 Å². The quantitative estimate of drug-likeness (QED) is 0.285.